The topological polar surface area (TPSA) is 121 Å². The van der Waals surface area contributed by atoms with Gasteiger partial charge in [0.2, 0.25) is 0 Å². The minimum absolute atomic E-state index is 0.0121. The van der Waals surface area contributed by atoms with Gasteiger partial charge in [-0.3, -0.25) is 4.90 Å². The fraction of sp³-hybridized carbons (Fsp3) is 0.136. The quantitative estimate of drug-likeness (QED) is 0.389. The molecule has 5 N–H and O–H groups in total. The van der Waals surface area contributed by atoms with Crippen molar-refractivity contribution in [1.82, 2.24) is 4.90 Å². The molecule has 0 unspecified atom stereocenters. The molecule has 0 aliphatic heterocycles. The lowest BCUT2D eigenvalue weighted by molar-refractivity contribution is 0.0693. The second-order valence-electron chi connectivity index (χ2n) is 6.74. The summed E-state index contributed by atoms with van der Waals surface area (Å²) < 4.78 is 0. The molecule has 3 aromatic carbocycles. The minimum Gasteiger partial charge on any atom is -0.508 e. The van der Waals surface area contributed by atoms with Crippen LogP contribution in [0.4, 0.5) is 0 Å². The molecule has 0 atom stereocenters. The normalized spacial score (nSPS) is 10.9. The van der Waals surface area contributed by atoms with Gasteiger partial charge >= 0.3 is 5.97 Å². The van der Waals surface area contributed by atoms with E-state index in [1.807, 2.05) is 4.90 Å². The van der Waals surface area contributed by atoms with E-state index in [4.69, 9.17) is 0 Å². The lowest BCUT2D eigenvalue weighted by Gasteiger charge is -2.24. The number of nitrogens with zero attached hydrogens (tertiary/aromatic N) is 1. The van der Waals surface area contributed by atoms with Crippen molar-refractivity contribution in [3.63, 3.8) is 0 Å². The molecule has 0 bridgehead atoms. The largest absolute Gasteiger partial charge is 0.508 e. The molecule has 7 heteroatoms. The van der Waals surface area contributed by atoms with Crippen LogP contribution in [-0.4, -0.2) is 36.4 Å². The number of carboxylic acid groups (broad SMARTS) is 1. The van der Waals surface area contributed by atoms with Crippen LogP contribution in [0.15, 0.2) is 60.7 Å². The molecule has 0 aromatic heterocycles. The smallest absolute Gasteiger partial charge is 0.339 e. The number of rotatable bonds is 7. The number of carboxylic acids is 1. The van der Waals surface area contributed by atoms with Crippen molar-refractivity contribution >= 4 is 5.97 Å². The van der Waals surface area contributed by atoms with Gasteiger partial charge in [0.1, 0.15) is 28.6 Å². The number of aromatic carboxylic acids is 1. The zero-order valence-corrected chi connectivity index (χ0v) is 15.5. The Kier molecular flexibility index (Phi) is 5.90. The summed E-state index contributed by atoms with van der Waals surface area (Å²) in [6, 6.07) is 15.4. The summed E-state index contributed by atoms with van der Waals surface area (Å²) in [6.07, 6.45) is 0. The zero-order valence-electron chi connectivity index (χ0n) is 15.5. The van der Waals surface area contributed by atoms with Crippen LogP contribution in [-0.2, 0) is 19.6 Å². The van der Waals surface area contributed by atoms with E-state index in [0.717, 1.165) is 0 Å². The maximum Gasteiger partial charge on any atom is 0.339 e. The molecule has 0 fully saturated rings. The van der Waals surface area contributed by atoms with Gasteiger partial charge in [0, 0.05) is 30.8 Å². The van der Waals surface area contributed by atoms with Crippen LogP contribution in [0.3, 0.4) is 0 Å². The molecule has 3 aromatic rings. The number of hydrogen-bond acceptors (Lipinski definition) is 6. The molecule has 0 heterocycles. The van der Waals surface area contributed by atoms with E-state index in [9.17, 15) is 30.3 Å². The van der Waals surface area contributed by atoms with Crippen LogP contribution < -0.4 is 0 Å². The van der Waals surface area contributed by atoms with Crippen molar-refractivity contribution in [1.29, 1.82) is 0 Å². The predicted octanol–water partition coefficient (Wildman–Crippen LogP) is 3.41. The van der Waals surface area contributed by atoms with Crippen molar-refractivity contribution in [3.8, 4) is 23.0 Å². The molecule has 0 radical (unpaired) electrons. The van der Waals surface area contributed by atoms with E-state index in [1.165, 1.54) is 30.3 Å². The summed E-state index contributed by atoms with van der Waals surface area (Å²) in [4.78, 5) is 13.2. The van der Waals surface area contributed by atoms with Crippen molar-refractivity contribution in [2.45, 2.75) is 19.6 Å². The number of benzene rings is 3. The maximum atomic E-state index is 11.3. The van der Waals surface area contributed by atoms with E-state index in [-0.39, 0.29) is 41.7 Å². The van der Waals surface area contributed by atoms with Gasteiger partial charge in [-0.15, -0.1) is 0 Å². The summed E-state index contributed by atoms with van der Waals surface area (Å²) in [5, 5.41) is 48.9. The Morgan fingerprint density at radius 3 is 2.10 bits per heavy atom. The van der Waals surface area contributed by atoms with Gasteiger partial charge in [-0.25, -0.2) is 4.79 Å². The number of phenols is 4. The van der Waals surface area contributed by atoms with Crippen LogP contribution in [0, 0.1) is 0 Å². The second kappa shape index (κ2) is 8.53. The summed E-state index contributed by atoms with van der Waals surface area (Å²) in [7, 11) is 0. The Morgan fingerprint density at radius 2 is 1.38 bits per heavy atom. The molecule has 0 saturated carbocycles. The molecule has 0 amide bonds. The lowest BCUT2D eigenvalue weighted by Crippen LogP contribution is -2.22. The third-order valence-electron chi connectivity index (χ3n) is 4.54. The van der Waals surface area contributed by atoms with Crippen molar-refractivity contribution in [2.24, 2.45) is 0 Å². The third-order valence-corrected chi connectivity index (χ3v) is 4.54. The molecule has 0 aliphatic rings. The number of phenolic OH excluding ortho intramolecular Hbond substituents is 3. The first-order valence-electron chi connectivity index (χ1n) is 8.88. The predicted molar refractivity (Wildman–Crippen MR) is 106 cm³/mol. The van der Waals surface area contributed by atoms with E-state index < -0.39 is 5.97 Å². The van der Waals surface area contributed by atoms with E-state index in [2.05, 4.69) is 0 Å². The summed E-state index contributed by atoms with van der Waals surface area (Å²) in [6.45, 7) is 0.826. The summed E-state index contributed by atoms with van der Waals surface area (Å²) >= 11 is 0. The fourth-order valence-corrected chi connectivity index (χ4v) is 3.10. The Hall–Kier alpha value is -3.71. The van der Waals surface area contributed by atoms with Gasteiger partial charge in [-0.2, -0.15) is 0 Å². The lowest BCUT2D eigenvalue weighted by atomic mass is 10.1. The highest BCUT2D eigenvalue weighted by Crippen LogP contribution is 2.27. The number of aromatic hydroxyl groups is 4. The van der Waals surface area contributed by atoms with E-state index in [0.29, 0.717) is 23.2 Å². The van der Waals surface area contributed by atoms with Crippen LogP contribution >= 0.6 is 0 Å². The highest BCUT2D eigenvalue weighted by molar-refractivity contribution is 5.90. The first-order chi connectivity index (χ1) is 13.8. The minimum atomic E-state index is -1.23. The van der Waals surface area contributed by atoms with Crippen LogP contribution in [0.25, 0.3) is 0 Å². The van der Waals surface area contributed by atoms with Crippen molar-refractivity contribution in [3.05, 3.63) is 82.9 Å². The van der Waals surface area contributed by atoms with Gasteiger partial charge in [0.25, 0.3) is 0 Å². The molecular weight excluding hydrogens is 374 g/mol. The molecule has 7 nitrogen and oxygen atoms in total. The van der Waals surface area contributed by atoms with Crippen molar-refractivity contribution < 1.29 is 30.3 Å². The van der Waals surface area contributed by atoms with Crippen LogP contribution in [0.2, 0.25) is 0 Å². The Morgan fingerprint density at radius 1 is 0.724 bits per heavy atom. The average molecular weight is 395 g/mol. The highest BCUT2D eigenvalue weighted by Gasteiger charge is 2.16. The van der Waals surface area contributed by atoms with Gasteiger partial charge < -0.3 is 25.5 Å². The number of hydrogen-bond donors (Lipinski definition) is 5. The Labute approximate surface area is 167 Å². The van der Waals surface area contributed by atoms with Crippen LogP contribution in [0.5, 0.6) is 23.0 Å². The standard InChI is InChI=1S/C22H21NO6/c24-17-6-8-20(26)16(10-17)13-23(12-15-3-1-2-4-19(15)25)11-14-5-7-21(27)18(9-14)22(28)29/h1-10,24-27H,11-13H2,(H,28,29). The third kappa shape index (κ3) is 4.97. The molecule has 3 rings (SSSR count). The molecule has 0 saturated heterocycles. The van der Waals surface area contributed by atoms with Crippen LogP contribution in [0.1, 0.15) is 27.0 Å². The molecule has 150 valence electrons. The van der Waals surface area contributed by atoms with Gasteiger partial charge in [0.05, 0.1) is 0 Å². The molecular formula is C22H21NO6. The van der Waals surface area contributed by atoms with Gasteiger partial charge in [-0.05, 0) is 42.0 Å². The Bertz CT molecular complexity index is 1030. The summed E-state index contributed by atoms with van der Waals surface area (Å²) in [5.41, 5.74) is 1.57. The first-order valence-corrected chi connectivity index (χ1v) is 8.88. The second-order valence-corrected chi connectivity index (χ2v) is 6.74. The monoisotopic (exact) mass is 395 g/mol. The van der Waals surface area contributed by atoms with Gasteiger partial charge in [0.15, 0.2) is 0 Å². The fourth-order valence-electron chi connectivity index (χ4n) is 3.10. The Balaban J connectivity index is 1.92. The van der Waals surface area contributed by atoms with E-state index in [1.54, 1.807) is 30.3 Å². The zero-order chi connectivity index (χ0) is 21.0. The SMILES string of the molecule is O=C(O)c1cc(CN(Cc2ccccc2O)Cc2cc(O)ccc2O)ccc1O. The average Bonchev–Trinajstić information content (AvgIpc) is 2.67. The van der Waals surface area contributed by atoms with E-state index >= 15 is 0 Å². The molecule has 0 aliphatic carbocycles. The summed E-state index contributed by atoms with van der Waals surface area (Å²) in [5.74, 6) is -1.41. The maximum absolute atomic E-state index is 11.3. The van der Waals surface area contributed by atoms with Crippen molar-refractivity contribution in [2.75, 3.05) is 0 Å². The number of carbonyl (C=O) groups is 1. The number of para-hydroxylation sites is 1. The molecule has 0 spiro atoms. The first kappa shape index (κ1) is 20.0. The van der Waals surface area contributed by atoms with Gasteiger partial charge in [-0.1, -0.05) is 24.3 Å². The highest BCUT2D eigenvalue weighted by atomic mass is 16.4. The molecule has 29 heavy (non-hydrogen) atoms.